The average molecular weight is 801 g/mol. The van der Waals surface area contributed by atoms with Crippen LogP contribution in [0.2, 0.25) is 0 Å². The Labute approximate surface area is 362 Å². The zero-order valence-electron chi connectivity index (χ0n) is 34.6. The summed E-state index contributed by atoms with van der Waals surface area (Å²) in [5.74, 6) is 0. The standard InChI is InChI=1S/C58H44N2S/c1-57(2)50-20-9-7-16-46(50)47-34-33-44(36-52(47)57)59(43-31-26-39(27-32-43)45-18-13-19-49-48-17-8-12-23-54(48)61-56(45)49)42-29-24-38(25-30-42)40-28-35-55-58(3,37-40)51-21-10-11-22-53(51)60(55)41-14-5-4-6-15-41/h4-36H,37H2,1-3H3. The summed E-state index contributed by atoms with van der Waals surface area (Å²) in [6.45, 7) is 7.15. The molecule has 12 rings (SSSR count). The molecule has 9 aromatic rings. The molecule has 1 aliphatic heterocycles. The number of thiophene rings is 1. The SMILES string of the molecule is CC12CC(c3ccc(N(c4ccc(-c5cccc6c5sc5ccccc56)cc4)c4ccc5c(c4)C(C)(C)c4ccccc4-5)cc3)=CC=C1N(c1ccccc1)c1ccccc12. The second-order valence-corrected chi connectivity index (χ2v) is 18.6. The van der Waals surface area contributed by atoms with Gasteiger partial charge in [0, 0.05) is 65.1 Å². The molecule has 2 heterocycles. The highest BCUT2D eigenvalue weighted by molar-refractivity contribution is 7.26. The van der Waals surface area contributed by atoms with Crippen molar-refractivity contribution >= 4 is 65.5 Å². The highest BCUT2D eigenvalue weighted by Crippen LogP contribution is 2.57. The molecule has 292 valence electrons. The van der Waals surface area contributed by atoms with Crippen molar-refractivity contribution in [2.45, 2.75) is 38.0 Å². The zero-order chi connectivity index (χ0) is 40.9. The summed E-state index contributed by atoms with van der Waals surface area (Å²) < 4.78 is 2.67. The summed E-state index contributed by atoms with van der Waals surface area (Å²) in [7, 11) is 0. The average Bonchev–Trinajstić information content (AvgIpc) is 3.90. The Hall–Kier alpha value is -6.94. The maximum Gasteiger partial charge on any atom is 0.0500 e. The van der Waals surface area contributed by atoms with E-state index in [1.54, 1.807) is 0 Å². The minimum Gasteiger partial charge on any atom is -0.313 e. The third-order valence-electron chi connectivity index (χ3n) is 13.7. The lowest BCUT2D eigenvalue weighted by Crippen LogP contribution is -2.28. The van der Waals surface area contributed by atoms with Crippen molar-refractivity contribution in [1.29, 1.82) is 0 Å². The smallest absolute Gasteiger partial charge is 0.0500 e. The summed E-state index contributed by atoms with van der Waals surface area (Å²) in [4.78, 5) is 4.89. The molecule has 1 atom stereocenters. The predicted molar refractivity (Wildman–Crippen MR) is 260 cm³/mol. The number of hydrogen-bond donors (Lipinski definition) is 0. The monoisotopic (exact) mass is 800 g/mol. The molecule has 61 heavy (non-hydrogen) atoms. The van der Waals surface area contributed by atoms with Crippen LogP contribution in [0.15, 0.2) is 206 Å². The first-order valence-corrected chi connectivity index (χ1v) is 22.2. The van der Waals surface area contributed by atoms with Crippen LogP contribution in [0.25, 0.3) is 48.0 Å². The highest BCUT2D eigenvalue weighted by atomic mass is 32.1. The van der Waals surface area contributed by atoms with Gasteiger partial charge < -0.3 is 9.80 Å². The van der Waals surface area contributed by atoms with Gasteiger partial charge in [-0.25, -0.2) is 0 Å². The van der Waals surface area contributed by atoms with E-state index in [1.807, 2.05) is 11.3 Å². The van der Waals surface area contributed by atoms with E-state index < -0.39 is 0 Å². The van der Waals surface area contributed by atoms with Gasteiger partial charge >= 0.3 is 0 Å². The van der Waals surface area contributed by atoms with Crippen LogP contribution in [0.3, 0.4) is 0 Å². The molecule has 8 aromatic carbocycles. The third-order valence-corrected chi connectivity index (χ3v) is 14.9. The molecule has 0 bridgehead atoms. The molecule has 0 spiro atoms. The van der Waals surface area contributed by atoms with E-state index in [0.29, 0.717) is 0 Å². The molecule has 0 N–H and O–H groups in total. The van der Waals surface area contributed by atoms with Gasteiger partial charge in [-0.15, -0.1) is 11.3 Å². The maximum absolute atomic E-state index is 2.45. The molecule has 1 unspecified atom stereocenters. The molecule has 1 aromatic heterocycles. The van der Waals surface area contributed by atoms with Gasteiger partial charge in [0.1, 0.15) is 0 Å². The van der Waals surface area contributed by atoms with Gasteiger partial charge in [0.2, 0.25) is 0 Å². The lowest BCUT2D eigenvalue weighted by molar-refractivity contribution is 0.586. The first-order chi connectivity index (χ1) is 29.9. The van der Waals surface area contributed by atoms with Crippen molar-refractivity contribution in [1.82, 2.24) is 0 Å². The van der Waals surface area contributed by atoms with Gasteiger partial charge in [-0.3, -0.25) is 0 Å². The Morgan fingerprint density at radius 1 is 0.492 bits per heavy atom. The normalized spacial score (nSPS) is 17.1. The molecule has 0 saturated carbocycles. The van der Waals surface area contributed by atoms with Gasteiger partial charge in [0.25, 0.3) is 0 Å². The molecule has 2 nitrogen and oxygen atoms in total. The van der Waals surface area contributed by atoms with E-state index in [4.69, 9.17) is 0 Å². The second-order valence-electron chi connectivity index (χ2n) is 17.6. The summed E-state index contributed by atoms with van der Waals surface area (Å²) in [5.41, 5.74) is 18.9. The number of rotatable bonds is 6. The molecule has 0 saturated heterocycles. The van der Waals surface area contributed by atoms with Crippen LogP contribution in [0.5, 0.6) is 0 Å². The topological polar surface area (TPSA) is 6.48 Å². The fraction of sp³-hybridized carbons (Fsp3) is 0.103. The zero-order valence-corrected chi connectivity index (χ0v) is 35.4. The summed E-state index contributed by atoms with van der Waals surface area (Å²) in [6.07, 6.45) is 5.63. The first kappa shape index (κ1) is 36.0. The van der Waals surface area contributed by atoms with Crippen LogP contribution >= 0.6 is 11.3 Å². The Bertz CT molecular complexity index is 3260. The summed E-state index contributed by atoms with van der Waals surface area (Å²) in [5, 5.41) is 2.65. The van der Waals surface area contributed by atoms with Gasteiger partial charge in [-0.1, -0.05) is 147 Å². The minimum absolute atomic E-state index is 0.102. The van der Waals surface area contributed by atoms with Crippen LogP contribution in [0.4, 0.5) is 28.4 Å². The largest absolute Gasteiger partial charge is 0.313 e. The lowest BCUT2D eigenvalue weighted by Gasteiger charge is -2.34. The molecule has 0 amide bonds. The number of nitrogens with zero attached hydrogens (tertiary/aromatic N) is 2. The van der Waals surface area contributed by atoms with E-state index >= 15 is 0 Å². The fourth-order valence-electron chi connectivity index (χ4n) is 10.6. The number of hydrogen-bond acceptors (Lipinski definition) is 3. The van der Waals surface area contributed by atoms with E-state index in [9.17, 15) is 0 Å². The number of anilines is 5. The van der Waals surface area contributed by atoms with Crippen LogP contribution in [0, 0.1) is 0 Å². The van der Waals surface area contributed by atoms with Crippen LogP contribution in [-0.2, 0) is 10.8 Å². The molecule has 3 aliphatic rings. The number of fused-ring (bicyclic) bond motifs is 9. The van der Waals surface area contributed by atoms with Crippen LogP contribution in [-0.4, -0.2) is 0 Å². The summed E-state index contributed by atoms with van der Waals surface area (Å²) >= 11 is 1.89. The fourth-order valence-corrected chi connectivity index (χ4v) is 11.9. The predicted octanol–water partition coefficient (Wildman–Crippen LogP) is 16.3. The van der Waals surface area contributed by atoms with Crippen molar-refractivity contribution in [2.75, 3.05) is 9.80 Å². The second kappa shape index (κ2) is 13.5. The molecule has 3 heteroatoms. The van der Waals surface area contributed by atoms with E-state index in [2.05, 4.69) is 231 Å². The Balaban J connectivity index is 0.940. The maximum atomic E-state index is 2.45. The third kappa shape index (κ3) is 5.47. The Morgan fingerprint density at radius 2 is 1.11 bits per heavy atom. The molecule has 2 aliphatic carbocycles. The van der Waals surface area contributed by atoms with Crippen molar-refractivity contribution in [2.24, 2.45) is 0 Å². The molecule has 0 fully saturated rings. The van der Waals surface area contributed by atoms with Crippen molar-refractivity contribution < 1.29 is 0 Å². The Morgan fingerprint density at radius 3 is 1.92 bits per heavy atom. The highest BCUT2D eigenvalue weighted by Gasteiger charge is 2.45. The van der Waals surface area contributed by atoms with E-state index in [0.717, 1.165) is 23.5 Å². The number of allylic oxidation sites excluding steroid dienone is 4. The van der Waals surface area contributed by atoms with E-state index in [1.165, 1.54) is 87.3 Å². The molecule has 0 radical (unpaired) electrons. The summed E-state index contributed by atoms with van der Waals surface area (Å²) in [6, 6.07) is 69.7. The quantitative estimate of drug-likeness (QED) is 0.165. The number of benzene rings is 8. The number of para-hydroxylation sites is 2. The van der Waals surface area contributed by atoms with Gasteiger partial charge in [0.05, 0.1) is 0 Å². The van der Waals surface area contributed by atoms with Crippen molar-refractivity contribution in [3.63, 3.8) is 0 Å². The Kier molecular flexibility index (Phi) is 7.98. The van der Waals surface area contributed by atoms with Gasteiger partial charge in [-0.2, -0.15) is 0 Å². The first-order valence-electron chi connectivity index (χ1n) is 21.4. The van der Waals surface area contributed by atoms with Gasteiger partial charge in [-0.05, 0) is 130 Å². The minimum atomic E-state index is -0.141. The molecular formula is C58H44N2S. The lowest BCUT2D eigenvalue weighted by atomic mass is 9.72. The van der Waals surface area contributed by atoms with Crippen LogP contribution in [0.1, 0.15) is 49.4 Å². The van der Waals surface area contributed by atoms with Crippen molar-refractivity contribution in [3.05, 3.63) is 228 Å². The van der Waals surface area contributed by atoms with Gasteiger partial charge in [0.15, 0.2) is 0 Å². The van der Waals surface area contributed by atoms with E-state index in [-0.39, 0.29) is 10.8 Å². The van der Waals surface area contributed by atoms with Crippen molar-refractivity contribution in [3.8, 4) is 22.3 Å². The molecular weight excluding hydrogens is 757 g/mol. The van der Waals surface area contributed by atoms with Crippen LogP contribution < -0.4 is 9.80 Å².